The van der Waals surface area contributed by atoms with Gasteiger partial charge in [0.25, 0.3) is 0 Å². The summed E-state index contributed by atoms with van der Waals surface area (Å²) in [5.74, 6) is 1.69. The molecule has 0 aliphatic heterocycles. The van der Waals surface area contributed by atoms with Crippen molar-refractivity contribution in [3.63, 3.8) is 0 Å². The molecule has 4 nitrogen and oxygen atoms in total. The molecule has 0 spiro atoms. The zero-order valence-electron chi connectivity index (χ0n) is 12.8. The summed E-state index contributed by atoms with van der Waals surface area (Å²) in [6, 6.07) is 3.12. The van der Waals surface area contributed by atoms with Crippen LogP contribution in [0, 0.1) is 11.8 Å². The van der Waals surface area contributed by atoms with E-state index in [1.54, 1.807) is 0 Å². The van der Waals surface area contributed by atoms with Gasteiger partial charge in [0.1, 0.15) is 0 Å². The maximum Gasteiger partial charge on any atom is 0.158 e. The van der Waals surface area contributed by atoms with Gasteiger partial charge >= 0.3 is 0 Å². The first-order valence-corrected chi connectivity index (χ1v) is 7.64. The smallest absolute Gasteiger partial charge is 0.158 e. The van der Waals surface area contributed by atoms with E-state index in [9.17, 15) is 0 Å². The van der Waals surface area contributed by atoms with Crippen molar-refractivity contribution < 1.29 is 0 Å². The Bertz CT molecular complexity index is 594. The number of aromatic nitrogens is 3. The Morgan fingerprint density at radius 3 is 2.60 bits per heavy atom. The molecule has 1 saturated carbocycles. The molecule has 3 rings (SSSR count). The first-order chi connectivity index (χ1) is 9.54. The van der Waals surface area contributed by atoms with E-state index >= 15 is 0 Å². The number of anilines is 1. The second-order valence-electron chi connectivity index (χ2n) is 6.64. The molecule has 0 saturated heterocycles. The second kappa shape index (κ2) is 5.08. The lowest BCUT2D eigenvalue weighted by molar-refractivity contribution is 0.212. The van der Waals surface area contributed by atoms with Crippen LogP contribution in [0.5, 0.6) is 0 Å². The zero-order chi connectivity index (χ0) is 14.3. The Morgan fingerprint density at radius 2 is 1.95 bits per heavy atom. The van der Waals surface area contributed by atoms with E-state index in [0.717, 1.165) is 28.6 Å². The van der Waals surface area contributed by atoms with Gasteiger partial charge in [0.15, 0.2) is 5.65 Å². The van der Waals surface area contributed by atoms with E-state index in [0.29, 0.717) is 12.1 Å². The topological polar surface area (TPSA) is 42.7 Å². The van der Waals surface area contributed by atoms with Crippen molar-refractivity contribution in [3.8, 4) is 0 Å². The van der Waals surface area contributed by atoms with Crippen molar-refractivity contribution in [3.05, 3.63) is 18.5 Å². The highest BCUT2D eigenvalue weighted by atomic mass is 15.3. The summed E-state index contributed by atoms with van der Waals surface area (Å²) in [6.45, 7) is 8.88. The molecule has 108 valence electrons. The van der Waals surface area contributed by atoms with Crippen LogP contribution in [0.25, 0.3) is 11.0 Å². The lowest BCUT2D eigenvalue weighted by atomic mass is 9.73. The van der Waals surface area contributed by atoms with Crippen LogP contribution in [0.1, 0.15) is 46.6 Å². The number of rotatable bonds is 4. The molecule has 0 aromatic carbocycles. The van der Waals surface area contributed by atoms with E-state index in [1.165, 1.54) is 12.8 Å². The number of nitrogens with one attached hydrogen (secondary N) is 1. The Kier molecular flexibility index (Phi) is 3.40. The minimum absolute atomic E-state index is 0.345. The Labute approximate surface area is 120 Å². The van der Waals surface area contributed by atoms with Crippen LogP contribution >= 0.6 is 0 Å². The van der Waals surface area contributed by atoms with Crippen LogP contribution < -0.4 is 5.32 Å². The van der Waals surface area contributed by atoms with Crippen molar-refractivity contribution in [1.29, 1.82) is 0 Å². The predicted molar refractivity (Wildman–Crippen MR) is 82.9 cm³/mol. The molecule has 1 fully saturated rings. The molecule has 1 aliphatic carbocycles. The van der Waals surface area contributed by atoms with Crippen molar-refractivity contribution in [2.75, 3.05) is 5.32 Å². The van der Waals surface area contributed by atoms with Crippen LogP contribution in [0.3, 0.4) is 0 Å². The maximum atomic E-state index is 4.57. The van der Waals surface area contributed by atoms with Gasteiger partial charge < -0.3 is 5.32 Å². The summed E-state index contributed by atoms with van der Waals surface area (Å²) < 4.78 is 1.97. The van der Waals surface area contributed by atoms with Gasteiger partial charge in [-0.1, -0.05) is 13.8 Å². The minimum atomic E-state index is 0.345. The fraction of sp³-hybridized carbons (Fsp3) is 0.625. The highest BCUT2D eigenvalue weighted by Crippen LogP contribution is 2.35. The number of hydrogen-bond donors (Lipinski definition) is 1. The van der Waals surface area contributed by atoms with Gasteiger partial charge in [0.05, 0.1) is 18.1 Å². The first kappa shape index (κ1) is 13.4. The summed E-state index contributed by atoms with van der Waals surface area (Å²) >= 11 is 0. The van der Waals surface area contributed by atoms with Crippen molar-refractivity contribution in [1.82, 2.24) is 14.8 Å². The number of fused-ring (bicyclic) bond motifs is 1. The van der Waals surface area contributed by atoms with Crippen molar-refractivity contribution >= 4 is 16.7 Å². The van der Waals surface area contributed by atoms with Gasteiger partial charge in [-0.2, -0.15) is 5.10 Å². The molecule has 0 radical (unpaired) electrons. The van der Waals surface area contributed by atoms with E-state index in [2.05, 4.69) is 49.2 Å². The van der Waals surface area contributed by atoms with E-state index in [1.807, 2.05) is 17.1 Å². The highest BCUT2D eigenvalue weighted by molar-refractivity contribution is 5.78. The zero-order valence-corrected chi connectivity index (χ0v) is 12.8. The Morgan fingerprint density at radius 1 is 1.20 bits per heavy atom. The van der Waals surface area contributed by atoms with Gasteiger partial charge in [-0.3, -0.25) is 0 Å². The third-order valence-corrected chi connectivity index (χ3v) is 4.41. The largest absolute Gasteiger partial charge is 0.381 e. The van der Waals surface area contributed by atoms with E-state index < -0.39 is 0 Å². The van der Waals surface area contributed by atoms with Gasteiger partial charge in [0.2, 0.25) is 0 Å². The Hall–Kier alpha value is -1.58. The fourth-order valence-corrected chi connectivity index (χ4v) is 2.96. The Balaban J connectivity index is 1.71. The number of nitrogens with zero attached hydrogens (tertiary/aromatic N) is 3. The predicted octanol–water partition coefficient (Wildman–Crippen LogP) is 3.86. The summed E-state index contributed by atoms with van der Waals surface area (Å²) in [6.07, 6.45) is 6.40. The lowest BCUT2D eigenvalue weighted by Crippen LogP contribution is -2.37. The van der Waals surface area contributed by atoms with Crippen molar-refractivity contribution in [2.45, 2.75) is 52.6 Å². The number of pyridine rings is 1. The fourth-order valence-electron chi connectivity index (χ4n) is 2.96. The van der Waals surface area contributed by atoms with E-state index in [4.69, 9.17) is 0 Å². The standard InChI is InChI=1S/C16H24N4/c1-10(2)12-5-14(6-12)19-15-7-13-8-18-20(11(3)4)16(13)17-9-15/h7-12,14,19H,5-6H2,1-4H3. The summed E-state index contributed by atoms with van der Waals surface area (Å²) in [7, 11) is 0. The average Bonchev–Trinajstić information content (AvgIpc) is 2.75. The molecule has 2 heterocycles. The molecular formula is C16H24N4. The third kappa shape index (κ3) is 2.39. The molecule has 1 aliphatic rings. The first-order valence-electron chi connectivity index (χ1n) is 7.64. The van der Waals surface area contributed by atoms with Gasteiger partial charge in [0, 0.05) is 17.5 Å². The number of hydrogen-bond acceptors (Lipinski definition) is 3. The summed E-state index contributed by atoms with van der Waals surface area (Å²) in [5, 5.41) is 9.12. The molecule has 0 bridgehead atoms. The summed E-state index contributed by atoms with van der Waals surface area (Å²) in [4.78, 5) is 4.57. The lowest BCUT2D eigenvalue weighted by Gasteiger charge is -2.39. The van der Waals surface area contributed by atoms with E-state index in [-0.39, 0.29) is 0 Å². The van der Waals surface area contributed by atoms with Gasteiger partial charge in [-0.05, 0) is 44.6 Å². The molecular weight excluding hydrogens is 248 g/mol. The van der Waals surface area contributed by atoms with Crippen LogP contribution in [-0.4, -0.2) is 20.8 Å². The molecule has 1 N–H and O–H groups in total. The van der Waals surface area contributed by atoms with Crippen LogP contribution in [0.4, 0.5) is 5.69 Å². The van der Waals surface area contributed by atoms with Crippen LogP contribution in [0.2, 0.25) is 0 Å². The quantitative estimate of drug-likeness (QED) is 0.919. The molecule has 0 unspecified atom stereocenters. The van der Waals surface area contributed by atoms with Gasteiger partial charge in [-0.15, -0.1) is 0 Å². The third-order valence-electron chi connectivity index (χ3n) is 4.41. The normalized spacial score (nSPS) is 22.5. The molecule has 20 heavy (non-hydrogen) atoms. The second-order valence-corrected chi connectivity index (χ2v) is 6.64. The molecule has 2 aromatic rings. The maximum absolute atomic E-state index is 4.57. The van der Waals surface area contributed by atoms with Crippen molar-refractivity contribution in [2.24, 2.45) is 11.8 Å². The molecule has 0 amide bonds. The monoisotopic (exact) mass is 272 g/mol. The highest BCUT2D eigenvalue weighted by Gasteiger charge is 2.31. The van der Waals surface area contributed by atoms with Gasteiger partial charge in [-0.25, -0.2) is 9.67 Å². The molecule has 0 atom stereocenters. The average molecular weight is 272 g/mol. The molecule has 4 heteroatoms. The molecule has 2 aromatic heterocycles. The van der Waals surface area contributed by atoms with Crippen LogP contribution in [0.15, 0.2) is 18.5 Å². The van der Waals surface area contributed by atoms with Crippen LogP contribution in [-0.2, 0) is 0 Å². The SMILES string of the molecule is CC(C)C1CC(Nc2cnc3c(cnn3C(C)C)c2)C1. The summed E-state index contributed by atoms with van der Waals surface area (Å²) in [5.41, 5.74) is 2.09. The minimum Gasteiger partial charge on any atom is -0.381 e.